The lowest BCUT2D eigenvalue weighted by Crippen LogP contribution is -2.23. The molecule has 0 saturated carbocycles. The summed E-state index contributed by atoms with van der Waals surface area (Å²) < 4.78 is 0. The van der Waals surface area contributed by atoms with Crippen LogP contribution in [0.4, 0.5) is 0 Å². The van der Waals surface area contributed by atoms with Crippen molar-refractivity contribution in [2.45, 2.75) is 25.7 Å². The minimum Gasteiger partial charge on any atom is -0.322 e. The van der Waals surface area contributed by atoms with Gasteiger partial charge in [-0.25, -0.2) is 0 Å². The summed E-state index contributed by atoms with van der Waals surface area (Å²) in [7, 11) is 0. The number of nitrogens with zero attached hydrogens (tertiary/aromatic N) is 1. The fraction of sp³-hybridized carbons (Fsp3) is 0.143. The van der Waals surface area contributed by atoms with Crippen LogP contribution in [0.2, 0.25) is 0 Å². The van der Waals surface area contributed by atoms with E-state index in [2.05, 4.69) is 53.5 Å². The molecule has 31 heavy (non-hydrogen) atoms. The molecule has 0 amide bonds. The topological polar surface area (TPSA) is 56.6 Å². The Balaban J connectivity index is 1.63. The van der Waals surface area contributed by atoms with E-state index in [1.54, 1.807) is 6.92 Å². The van der Waals surface area contributed by atoms with Gasteiger partial charge in [0.25, 0.3) is 5.56 Å². The second kappa shape index (κ2) is 8.45. The number of fused-ring (bicyclic) bond motifs is 1. The molecule has 0 spiro atoms. The number of rotatable bonds is 5. The lowest BCUT2D eigenvalue weighted by atomic mass is 9.78. The van der Waals surface area contributed by atoms with E-state index in [0.29, 0.717) is 12.0 Å². The van der Waals surface area contributed by atoms with Gasteiger partial charge in [0.1, 0.15) is 0 Å². The quantitative estimate of drug-likeness (QED) is 0.413. The van der Waals surface area contributed by atoms with Crippen LogP contribution in [-0.2, 0) is 11.8 Å². The van der Waals surface area contributed by atoms with Gasteiger partial charge in [-0.1, -0.05) is 78.9 Å². The Kier molecular flexibility index (Phi) is 5.56. The second-order valence-corrected chi connectivity index (χ2v) is 8.19. The van der Waals surface area contributed by atoms with E-state index in [1.165, 1.54) is 0 Å². The summed E-state index contributed by atoms with van der Waals surface area (Å²) in [4.78, 5) is 15.0. The normalized spacial score (nSPS) is 13.2. The average Bonchev–Trinajstić information content (AvgIpc) is 2.79. The number of hydrogen-bond acceptors (Lipinski definition) is 2. The number of hydrogen-bond donors (Lipinski definition) is 1. The molecule has 0 radical (unpaired) electrons. The summed E-state index contributed by atoms with van der Waals surface area (Å²) in [5.41, 5.74) is 4.87. The molecule has 4 rings (SSSR count). The van der Waals surface area contributed by atoms with Crippen LogP contribution in [0.5, 0.6) is 0 Å². The summed E-state index contributed by atoms with van der Waals surface area (Å²) in [5, 5.41) is 11.0. The molecule has 1 N–H and O–H groups in total. The highest BCUT2D eigenvalue weighted by atomic mass is 16.1. The van der Waals surface area contributed by atoms with Crippen LogP contribution in [0.25, 0.3) is 23.1 Å². The predicted molar refractivity (Wildman–Crippen MR) is 128 cm³/mol. The number of pyridine rings is 1. The van der Waals surface area contributed by atoms with Gasteiger partial charge in [0.15, 0.2) is 0 Å². The molecular formula is C28H24N2O. The van der Waals surface area contributed by atoms with Crippen molar-refractivity contribution in [1.29, 1.82) is 5.26 Å². The Hall–Kier alpha value is -3.90. The molecule has 0 saturated heterocycles. The molecule has 152 valence electrons. The lowest BCUT2D eigenvalue weighted by molar-refractivity contribution is 0.607. The first-order valence-corrected chi connectivity index (χ1v) is 10.3. The second-order valence-electron chi connectivity index (χ2n) is 8.19. The van der Waals surface area contributed by atoms with Gasteiger partial charge in [-0.2, -0.15) is 5.26 Å². The monoisotopic (exact) mass is 404 g/mol. The van der Waals surface area contributed by atoms with Crippen molar-refractivity contribution < 1.29 is 0 Å². The van der Waals surface area contributed by atoms with E-state index < -0.39 is 5.41 Å². The third-order valence-electron chi connectivity index (χ3n) is 5.69. The van der Waals surface area contributed by atoms with E-state index in [1.807, 2.05) is 55.5 Å². The minimum absolute atomic E-state index is 0.0961. The molecule has 0 fully saturated rings. The van der Waals surface area contributed by atoms with E-state index in [9.17, 15) is 10.1 Å². The maximum absolute atomic E-state index is 12.0. The van der Waals surface area contributed by atoms with Crippen LogP contribution in [0.1, 0.15) is 34.7 Å². The highest BCUT2D eigenvalue weighted by Gasteiger charge is 2.27. The molecule has 0 bridgehead atoms. The average molecular weight is 405 g/mol. The lowest BCUT2D eigenvalue weighted by Gasteiger charge is -2.23. The Labute approximate surface area is 182 Å². The van der Waals surface area contributed by atoms with Gasteiger partial charge in [-0.05, 0) is 60.0 Å². The van der Waals surface area contributed by atoms with Crippen molar-refractivity contribution in [3.05, 3.63) is 117 Å². The Morgan fingerprint density at radius 3 is 2.45 bits per heavy atom. The molecule has 1 atom stereocenters. The molecule has 0 aliphatic heterocycles. The number of aryl methyl sites for hydroxylation is 1. The van der Waals surface area contributed by atoms with Gasteiger partial charge in [0.2, 0.25) is 0 Å². The third kappa shape index (κ3) is 4.49. The highest BCUT2D eigenvalue weighted by molar-refractivity contribution is 5.80. The summed E-state index contributed by atoms with van der Waals surface area (Å²) in [6.07, 6.45) is 4.76. The Morgan fingerprint density at radius 2 is 1.68 bits per heavy atom. The van der Waals surface area contributed by atoms with Crippen LogP contribution in [-0.4, -0.2) is 4.98 Å². The van der Waals surface area contributed by atoms with Crippen LogP contribution >= 0.6 is 0 Å². The number of H-pyrrole nitrogens is 1. The van der Waals surface area contributed by atoms with Crippen LogP contribution in [0, 0.1) is 18.3 Å². The van der Waals surface area contributed by atoms with Gasteiger partial charge in [-0.3, -0.25) is 4.79 Å². The number of benzene rings is 3. The maximum atomic E-state index is 12.0. The number of aromatic amines is 1. The van der Waals surface area contributed by atoms with E-state index in [-0.39, 0.29) is 5.56 Å². The first-order valence-electron chi connectivity index (χ1n) is 10.3. The molecule has 3 nitrogen and oxygen atoms in total. The Morgan fingerprint density at radius 1 is 0.935 bits per heavy atom. The van der Waals surface area contributed by atoms with E-state index in [0.717, 1.165) is 33.2 Å². The van der Waals surface area contributed by atoms with Gasteiger partial charge in [-0.15, -0.1) is 0 Å². The fourth-order valence-corrected chi connectivity index (χ4v) is 3.83. The minimum atomic E-state index is -0.711. The number of nitrogens with one attached hydrogen (secondary N) is 1. The van der Waals surface area contributed by atoms with Crippen LogP contribution < -0.4 is 5.56 Å². The summed E-state index contributed by atoms with van der Waals surface area (Å²) in [6, 6.07) is 28.7. The molecule has 3 aromatic carbocycles. The van der Waals surface area contributed by atoms with E-state index in [4.69, 9.17) is 0 Å². The van der Waals surface area contributed by atoms with Crippen molar-refractivity contribution in [3.63, 3.8) is 0 Å². The van der Waals surface area contributed by atoms with Crippen LogP contribution in [0.15, 0.2) is 83.7 Å². The fourth-order valence-electron chi connectivity index (χ4n) is 3.83. The van der Waals surface area contributed by atoms with Gasteiger partial charge >= 0.3 is 0 Å². The zero-order valence-corrected chi connectivity index (χ0v) is 17.7. The maximum Gasteiger partial charge on any atom is 0.251 e. The van der Waals surface area contributed by atoms with Crippen molar-refractivity contribution >= 4 is 23.1 Å². The van der Waals surface area contributed by atoms with Gasteiger partial charge in [0, 0.05) is 11.1 Å². The molecule has 0 aliphatic carbocycles. The smallest absolute Gasteiger partial charge is 0.251 e. The predicted octanol–water partition coefficient (Wildman–Crippen LogP) is 6.03. The third-order valence-corrected chi connectivity index (χ3v) is 5.69. The van der Waals surface area contributed by atoms with E-state index >= 15 is 0 Å². The van der Waals surface area contributed by atoms with Crippen molar-refractivity contribution in [1.82, 2.24) is 4.98 Å². The largest absolute Gasteiger partial charge is 0.322 e. The zero-order valence-electron chi connectivity index (χ0n) is 17.7. The molecular weight excluding hydrogens is 380 g/mol. The highest BCUT2D eigenvalue weighted by Crippen LogP contribution is 2.30. The number of nitriles is 1. The van der Waals surface area contributed by atoms with Crippen molar-refractivity contribution in [2.75, 3.05) is 0 Å². The van der Waals surface area contributed by atoms with Crippen molar-refractivity contribution in [2.24, 2.45) is 0 Å². The zero-order chi connectivity index (χ0) is 21.8. The molecule has 3 heteroatoms. The van der Waals surface area contributed by atoms with Gasteiger partial charge in [0.05, 0.1) is 11.5 Å². The molecule has 0 aliphatic rings. The van der Waals surface area contributed by atoms with Gasteiger partial charge < -0.3 is 4.98 Å². The van der Waals surface area contributed by atoms with Crippen LogP contribution in [0.3, 0.4) is 0 Å². The summed E-state index contributed by atoms with van der Waals surface area (Å²) in [5.74, 6) is 0. The van der Waals surface area contributed by atoms with Crippen molar-refractivity contribution in [3.8, 4) is 6.07 Å². The SMILES string of the molecule is Cc1cc2ccc(C(C)(C#N)Cc3cccc(/C=C\c4ccccc4)c3)cc2[nH]c1=O. The molecule has 4 aromatic rings. The molecule has 1 heterocycles. The Bertz CT molecular complexity index is 1360. The standard InChI is InChI=1S/C28H24N2O/c1-20-15-24-13-14-25(17-26(24)30-27(20)31)28(2,19-29)18-23-10-6-9-22(16-23)12-11-21-7-4-3-5-8-21/h3-17H,18H2,1-2H3,(H,30,31)/b12-11-. The number of aromatic nitrogens is 1. The summed E-state index contributed by atoms with van der Waals surface area (Å²) >= 11 is 0. The summed E-state index contributed by atoms with van der Waals surface area (Å²) in [6.45, 7) is 3.75. The molecule has 1 unspecified atom stereocenters. The first-order chi connectivity index (χ1) is 15.0. The molecule has 1 aromatic heterocycles. The first kappa shape index (κ1) is 20.4.